The van der Waals surface area contributed by atoms with E-state index >= 15 is 0 Å². The highest BCUT2D eigenvalue weighted by atomic mass is 16.3. The van der Waals surface area contributed by atoms with Crippen LogP contribution in [0.5, 0.6) is 0 Å². The lowest BCUT2D eigenvalue weighted by Gasteiger charge is -2.21. The number of amides is 1. The van der Waals surface area contributed by atoms with Crippen LogP contribution < -0.4 is 5.32 Å². The van der Waals surface area contributed by atoms with E-state index in [-0.39, 0.29) is 31.3 Å². The minimum absolute atomic E-state index is 0.0318. The summed E-state index contributed by atoms with van der Waals surface area (Å²) in [5, 5.41) is 12.3. The summed E-state index contributed by atoms with van der Waals surface area (Å²) < 4.78 is 0. The summed E-state index contributed by atoms with van der Waals surface area (Å²) in [7, 11) is 0. The van der Waals surface area contributed by atoms with Gasteiger partial charge in [0, 0.05) is 19.0 Å². The molecule has 18 heavy (non-hydrogen) atoms. The Morgan fingerprint density at radius 1 is 1.61 bits per heavy atom. The van der Waals surface area contributed by atoms with Gasteiger partial charge in [-0.1, -0.05) is 13.8 Å². The van der Waals surface area contributed by atoms with E-state index in [1.54, 1.807) is 4.90 Å². The van der Waals surface area contributed by atoms with Crippen molar-refractivity contribution in [2.75, 3.05) is 19.7 Å². The van der Waals surface area contributed by atoms with Crippen LogP contribution in [0.2, 0.25) is 0 Å². The summed E-state index contributed by atoms with van der Waals surface area (Å²) in [5.41, 5.74) is 0. The second kappa shape index (κ2) is 7.34. The fraction of sp³-hybridized carbons (Fsp3) is 0.846. The average molecular weight is 253 g/mol. The Bertz CT molecular complexity index is 312. The molecule has 1 aliphatic rings. The van der Waals surface area contributed by atoms with Gasteiger partial charge in [0.05, 0.1) is 13.2 Å². The number of hydrogen-bond acceptors (Lipinski definition) is 3. The van der Waals surface area contributed by atoms with Gasteiger partial charge in [-0.05, 0) is 18.8 Å². The molecule has 1 saturated heterocycles. The molecule has 0 aromatic heterocycles. The summed E-state index contributed by atoms with van der Waals surface area (Å²) in [6, 6.07) is -0.0389. The normalized spacial score (nSPS) is 21.1. The van der Waals surface area contributed by atoms with E-state index in [0.717, 1.165) is 19.3 Å². The van der Waals surface area contributed by atoms with E-state index in [0.29, 0.717) is 12.5 Å². The van der Waals surface area contributed by atoms with Crippen LogP contribution in [0.1, 0.15) is 33.1 Å². The summed E-state index contributed by atoms with van der Waals surface area (Å²) >= 11 is 0. The Kier molecular flexibility index (Phi) is 6.10. The average Bonchev–Trinajstić information content (AvgIpc) is 2.81. The highest BCUT2D eigenvalue weighted by Gasteiger charge is 2.32. The fourth-order valence-electron chi connectivity index (χ4n) is 2.30. The van der Waals surface area contributed by atoms with Gasteiger partial charge in [0.2, 0.25) is 5.91 Å². The van der Waals surface area contributed by atoms with Gasteiger partial charge < -0.3 is 10.4 Å². The number of likely N-dealkylation sites (tertiary alicyclic amines) is 1. The molecule has 1 amide bonds. The van der Waals surface area contributed by atoms with Crippen molar-refractivity contribution in [1.82, 2.24) is 10.2 Å². The molecule has 1 heterocycles. The summed E-state index contributed by atoms with van der Waals surface area (Å²) in [5.74, 6) is 0.447. The van der Waals surface area contributed by atoms with Crippen LogP contribution in [0.15, 0.2) is 0 Å². The Morgan fingerprint density at radius 3 is 2.89 bits per heavy atom. The molecule has 0 aromatic carbocycles. The maximum atomic E-state index is 12.0. The predicted molar refractivity (Wildman–Crippen MR) is 69.7 cm³/mol. The van der Waals surface area contributed by atoms with E-state index in [1.165, 1.54) is 0 Å². The van der Waals surface area contributed by atoms with Gasteiger partial charge in [-0.3, -0.25) is 14.5 Å². The maximum Gasteiger partial charge on any atom is 0.300 e. The molecule has 2 atom stereocenters. The van der Waals surface area contributed by atoms with Crippen LogP contribution in [-0.2, 0) is 4.79 Å². The number of carbonyl (C=O) groups is 1. The molecule has 5 heteroatoms. The van der Waals surface area contributed by atoms with Crippen molar-refractivity contribution < 1.29 is 9.90 Å². The fourth-order valence-corrected chi connectivity index (χ4v) is 2.30. The maximum absolute atomic E-state index is 12.0. The molecule has 1 aliphatic heterocycles. The Hall–Kier alpha value is -1.12. The lowest BCUT2D eigenvalue weighted by molar-refractivity contribution is -0.130. The van der Waals surface area contributed by atoms with E-state index in [1.807, 2.05) is 0 Å². The topological polar surface area (TPSA) is 56.9 Å². The third-order valence-corrected chi connectivity index (χ3v) is 3.21. The molecule has 1 rings (SSSR count). The third kappa shape index (κ3) is 4.28. The van der Waals surface area contributed by atoms with Gasteiger partial charge in [0.15, 0.2) is 0 Å². The van der Waals surface area contributed by atoms with Crippen LogP contribution in [0, 0.1) is 12.5 Å². The lowest BCUT2D eigenvalue weighted by atomic mass is 10.0. The number of hydrogen-bond donors (Lipinski definition) is 2. The van der Waals surface area contributed by atoms with E-state index in [2.05, 4.69) is 24.0 Å². The molecule has 102 valence electrons. The molecule has 0 radical (unpaired) electrons. The zero-order valence-electron chi connectivity index (χ0n) is 11.2. The van der Waals surface area contributed by atoms with Gasteiger partial charge in [0.25, 0.3) is 0 Å². The first-order chi connectivity index (χ1) is 8.58. The molecule has 0 aliphatic carbocycles. The van der Waals surface area contributed by atoms with E-state index < -0.39 is 0 Å². The first-order valence-electron chi connectivity index (χ1n) is 6.58. The highest BCUT2D eigenvalue weighted by molar-refractivity contribution is 5.79. The van der Waals surface area contributed by atoms with Gasteiger partial charge in [-0.25, -0.2) is 6.57 Å². The van der Waals surface area contributed by atoms with Crippen molar-refractivity contribution >= 4 is 5.91 Å². The van der Waals surface area contributed by atoms with Gasteiger partial charge in [0.1, 0.15) is 0 Å². The number of nitrogens with one attached hydrogen (secondary N) is 1. The SMILES string of the molecule is [C-]#[N+][C@@H]1CCCN1C(=O)CN[C@H](CO)CC(C)C. The Labute approximate surface area is 109 Å². The second-order valence-corrected chi connectivity index (χ2v) is 5.23. The highest BCUT2D eigenvalue weighted by Crippen LogP contribution is 2.17. The van der Waals surface area contributed by atoms with Crippen molar-refractivity contribution in [2.24, 2.45) is 5.92 Å². The van der Waals surface area contributed by atoms with Crippen molar-refractivity contribution in [3.8, 4) is 0 Å². The van der Waals surface area contributed by atoms with Gasteiger partial charge in [-0.2, -0.15) is 0 Å². The number of rotatable bonds is 6. The molecule has 0 unspecified atom stereocenters. The Morgan fingerprint density at radius 2 is 2.33 bits per heavy atom. The summed E-state index contributed by atoms with van der Waals surface area (Å²) in [6.07, 6.45) is 2.26. The zero-order chi connectivity index (χ0) is 13.5. The van der Waals surface area contributed by atoms with Crippen LogP contribution in [-0.4, -0.2) is 47.8 Å². The molecule has 0 aromatic rings. The number of carbonyl (C=O) groups excluding carboxylic acids is 1. The minimum atomic E-state index is -0.281. The quantitative estimate of drug-likeness (QED) is 0.690. The Balaban J connectivity index is 2.38. The molecule has 5 nitrogen and oxygen atoms in total. The number of nitrogens with zero attached hydrogens (tertiary/aromatic N) is 2. The van der Waals surface area contributed by atoms with Crippen molar-refractivity contribution in [1.29, 1.82) is 0 Å². The largest absolute Gasteiger partial charge is 0.395 e. The number of aliphatic hydroxyl groups is 1. The molecule has 0 saturated carbocycles. The van der Waals surface area contributed by atoms with Crippen molar-refractivity contribution in [3.63, 3.8) is 0 Å². The minimum Gasteiger partial charge on any atom is -0.395 e. The van der Waals surface area contributed by atoms with Crippen LogP contribution in [0.4, 0.5) is 0 Å². The van der Waals surface area contributed by atoms with Gasteiger partial charge >= 0.3 is 6.17 Å². The lowest BCUT2D eigenvalue weighted by Crippen LogP contribution is -2.44. The molecule has 1 fully saturated rings. The van der Waals surface area contributed by atoms with Crippen LogP contribution >= 0.6 is 0 Å². The molecule has 0 spiro atoms. The molecule has 2 N–H and O–H groups in total. The van der Waals surface area contributed by atoms with Gasteiger partial charge in [-0.15, -0.1) is 0 Å². The van der Waals surface area contributed by atoms with E-state index in [4.69, 9.17) is 6.57 Å². The smallest absolute Gasteiger partial charge is 0.300 e. The van der Waals surface area contributed by atoms with Crippen molar-refractivity contribution in [3.05, 3.63) is 11.4 Å². The summed E-state index contributed by atoms with van der Waals surface area (Å²) in [4.78, 5) is 17.1. The van der Waals surface area contributed by atoms with Crippen LogP contribution in [0.25, 0.3) is 4.85 Å². The number of aliphatic hydroxyl groups excluding tert-OH is 1. The van der Waals surface area contributed by atoms with Crippen molar-refractivity contribution in [2.45, 2.75) is 45.3 Å². The third-order valence-electron chi connectivity index (χ3n) is 3.21. The standard InChI is InChI=1S/C13H23N3O2/c1-10(2)7-11(9-17)15-8-13(18)16-6-4-5-12(16)14-3/h10-12,15,17H,4-9H2,1-2H3/t11-,12-/m0/s1. The van der Waals surface area contributed by atoms with Crippen LogP contribution in [0.3, 0.4) is 0 Å². The predicted octanol–water partition coefficient (Wildman–Crippen LogP) is 0.851. The molecular formula is C13H23N3O2. The summed E-state index contributed by atoms with van der Waals surface area (Å²) in [6.45, 7) is 12.1. The first kappa shape index (κ1) is 14.9. The van der Waals surface area contributed by atoms with E-state index in [9.17, 15) is 9.90 Å². The first-order valence-corrected chi connectivity index (χ1v) is 6.58. The second-order valence-electron chi connectivity index (χ2n) is 5.23. The monoisotopic (exact) mass is 253 g/mol. The molecular weight excluding hydrogens is 230 g/mol. The zero-order valence-corrected chi connectivity index (χ0v) is 11.2. The molecule has 0 bridgehead atoms.